The van der Waals surface area contributed by atoms with E-state index in [4.69, 9.17) is 4.74 Å². The number of ether oxygens (including phenoxy) is 1. The standard InChI is InChI=1S/C36H50N6O9/c1-5-6-7-8-16-30(44)38-26(20-24-12-9-13-25(43)19-24)32(46)39-27-21-51-36(50)29-15-11-18-42(29)33(47)22(2)37-31(45)23(3)40(4)35(49)28-14-10-17-41(28)34(27)48/h8-9,12-13,16,19,22-23,26-29,43H,5-7,10-11,14-15,17-18,20-21H2,1-4H3,(H,37,45)(H,38,44)(H,39,46)/b16-8+/t22-,23-,26-,27-,28-,29-/m0/s1. The summed E-state index contributed by atoms with van der Waals surface area (Å²) in [7, 11) is 1.45. The van der Waals surface area contributed by atoms with Crippen LogP contribution < -0.4 is 16.0 Å². The van der Waals surface area contributed by atoms with Crippen LogP contribution >= 0.6 is 0 Å². The number of nitrogens with zero attached hydrogens (tertiary/aromatic N) is 3. The van der Waals surface area contributed by atoms with E-state index in [9.17, 15) is 38.7 Å². The van der Waals surface area contributed by atoms with Crippen LogP contribution in [-0.2, 0) is 44.7 Å². The van der Waals surface area contributed by atoms with Crippen molar-refractivity contribution in [2.24, 2.45) is 0 Å². The zero-order valence-corrected chi connectivity index (χ0v) is 29.8. The van der Waals surface area contributed by atoms with E-state index in [1.54, 1.807) is 18.2 Å². The number of phenols is 1. The van der Waals surface area contributed by atoms with Gasteiger partial charge < -0.3 is 40.5 Å². The van der Waals surface area contributed by atoms with Crippen LogP contribution in [0.3, 0.4) is 0 Å². The van der Waals surface area contributed by atoms with Gasteiger partial charge in [-0.2, -0.15) is 0 Å². The van der Waals surface area contributed by atoms with Crippen LogP contribution in [0.15, 0.2) is 36.4 Å². The number of amides is 6. The second-order valence-electron chi connectivity index (χ2n) is 13.4. The van der Waals surface area contributed by atoms with Crippen LogP contribution in [-0.4, -0.2) is 124 Å². The van der Waals surface area contributed by atoms with Crippen molar-refractivity contribution >= 4 is 41.4 Å². The molecule has 278 valence electrons. The molecule has 3 fully saturated rings. The van der Waals surface area contributed by atoms with Crippen molar-refractivity contribution in [2.75, 3.05) is 26.7 Å². The molecule has 15 nitrogen and oxygen atoms in total. The molecular weight excluding hydrogens is 660 g/mol. The number of aromatic hydroxyl groups is 1. The predicted octanol–water partition coefficient (Wildman–Crippen LogP) is 0.541. The maximum Gasteiger partial charge on any atom is 0.328 e. The Balaban J connectivity index is 1.65. The molecule has 0 aliphatic carbocycles. The van der Waals surface area contributed by atoms with E-state index in [2.05, 4.69) is 16.0 Å². The van der Waals surface area contributed by atoms with Gasteiger partial charge in [-0.3, -0.25) is 28.8 Å². The molecule has 1 aromatic carbocycles. The zero-order valence-electron chi connectivity index (χ0n) is 29.8. The Morgan fingerprint density at radius 3 is 2.39 bits per heavy atom. The lowest BCUT2D eigenvalue weighted by Crippen LogP contribution is -2.60. The van der Waals surface area contributed by atoms with E-state index >= 15 is 0 Å². The summed E-state index contributed by atoms with van der Waals surface area (Å²) in [5.74, 6) is -4.34. The quantitative estimate of drug-likeness (QED) is 0.161. The monoisotopic (exact) mass is 710 g/mol. The van der Waals surface area contributed by atoms with Gasteiger partial charge in [0.15, 0.2) is 0 Å². The summed E-state index contributed by atoms with van der Waals surface area (Å²) in [6.45, 7) is 4.89. The molecule has 15 heteroatoms. The topological polar surface area (TPSA) is 195 Å². The Hall–Kier alpha value is -4.95. The van der Waals surface area contributed by atoms with Gasteiger partial charge in [0, 0.05) is 26.6 Å². The van der Waals surface area contributed by atoms with Crippen molar-refractivity contribution in [3.63, 3.8) is 0 Å². The largest absolute Gasteiger partial charge is 0.508 e. The second kappa shape index (κ2) is 17.8. The summed E-state index contributed by atoms with van der Waals surface area (Å²) >= 11 is 0. The molecule has 0 spiro atoms. The number of carbonyl (C=O) groups excluding carboxylic acids is 7. The van der Waals surface area contributed by atoms with E-state index in [-0.39, 0.29) is 25.3 Å². The second-order valence-corrected chi connectivity index (χ2v) is 13.4. The van der Waals surface area contributed by atoms with Crippen LogP contribution in [0, 0.1) is 0 Å². The van der Waals surface area contributed by atoms with E-state index < -0.39 is 84.3 Å². The highest BCUT2D eigenvalue weighted by atomic mass is 16.5. The van der Waals surface area contributed by atoms with Crippen molar-refractivity contribution in [1.82, 2.24) is 30.7 Å². The van der Waals surface area contributed by atoms with Gasteiger partial charge in [-0.15, -0.1) is 0 Å². The average Bonchev–Trinajstić information content (AvgIpc) is 3.80. The molecule has 3 aliphatic rings. The summed E-state index contributed by atoms with van der Waals surface area (Å²) in [6.07, 6.45) is 7.09. The lowest BCUT2D eigenvalue weighted by Gasteiger charge is -2.34. The van der Waals surface area contributed by atoms with Crippen molar-refractivity contribution in [1.29, 1.82) is 0 Å². The fourth-order valence-corrected chi connectivity index (χ4v) is 6.58. The average molecular weight is 711 g/mol. The molecule has 4 rings (SSSR count). The third-order valence-corrected chi connectivity index (χ3v) is 9.65. The maximum absolute atomic E-state index is 14.2. The number of likely N-dealkylation sites (N-methyl/N-ethyl adjacent to an activating group) is 1. The minimum atomic E-state index is -1.46. The van der Waals surface area contributed by atoms with Crippen molar-refractivity contribution in [2.45, 2.75) is 108 Å². The highest BCUT2D eigenvalue weighted by Gasteiger charge is 2.43. The molecule has 3 aliphatic heterocycles. The number of phenolic OH excluding ortho intramolecular Hbond substituents is 1. The molecule has 3 saturated heterocycles. The number of allylic oxidation sites excluding steroid dienone is 1. The molecule has 51 heavy (non-hydrogen) atoms. The normalized spacial score (nSPS) is 25.7. The number of esters is 1. The molecule has 4 N–H and O–H groups in total. The molecule has 6 amide bonds. The van der Waals surface area contributed by atoms with Crippen molar-refractivity contribution < 1.29 is 43.4 Å². The molecular formula is C36H50N6O9. The lowest BCUT2D eigenvalue weighted by molar-refractivity contribution is -0.158. The van der Waals surface area contributed by atoms with Crippen molar-refractivity contribution in [3.8, 4) is 5.75 Å². The molecule has 0 radical (unpaired) electrons. The van der Waals surface area contributed by atoms with Gasteiger partial charge in [-0.25, -0.2) is 4.79 Å². The molecule has 1 aromatic rings. The summed E-state index contributed by atoms with van der Waals surface area (Å²) in [6, 6.07) is -0.347. The first-order valence-corrected chi connectivity index (χ1v) is 17.7. The van der Waals surface area contributed by atoms with Gasteiger partial charge in [0.1, 0.15) is 48.6 Å². The first kappa shape index (κ1) is 38.8. The molecule has 0 saturated carbocycles. The van der Waals surface area contributed by atoms with Crippen LogP contribution in [0.25, 0.3) is 0 Å². The third-order valence-electron chi connectivity index (χ3n) is 9.65. The van der Waals surface area contributed by atoms with E-state index in [0.29, 0.717) is 37.7 Å². The highest BCUT2D eigenvalue weighted by molar-refractivity contribution is 5.98. The smallest absolute Gasteiger partial charge is 0.328 e. The zero-order chi connectivity index (χ0) is 37.2. The first-order chi connectivity index (χ1) is 24.3. The Bertz CT molecular complexity index is 1520. The van der Waals surface area contributed by atoms with Gasteiger partial charge in [0.25, 0.3) is 0 Å². The highest BCUT2D eigenvalue weighted by Crippen LogP contribution is 2.23. The van der Waals surface area contributed by atoms with Gasteiger partial charge in [0.2, 0.25) is 35.4 Å². The van der Waals surface area contributed by atoms with Crippen LogP contribution in [0.5, 0.6) is 5.75 Å². The van der Waals surface area contributed by atoms with Gasteiger partial charge in [-0.1, -0.05) is 38.0 Å². The first-order valence-electron chi connectivity index (χ1n) is 17.7. The summed E-state index contributed by atoms with van der Waals surface area (Å²) < 4.78 is 5.62. The van der Waals surface area contributed by atoms with Crippen LogP contribution in [0.1, 0.15) is 71.3 Å². The summed E-state index contributed by atoms with van der Waals surface area (Å²) in [5, 5.41) is 18.0. The summed E-state index contributed by atoms with van der Waals surface area (Å²) in [5.41, 5.74) is 0.535. The number of unbranched alkanes of at least 4 members (excludes halogenated alkanes) is 2. The third kappa shape index (κ3) is 9.85. The number of carbonyl (C=O) groups is 7. The Kier molecular flexibility index (Phi) is 13.6. The molecule has 0 aromatic heterocycles. The number of nitrogens with one attached hydrogen (secondary N) is 3. The number of benzene rings is 1. The minimum Gasteiger partial charge on any atom is -0.508 e. The fourth-order valence-electron chi connectivity index (χ4n) is 6.58. The van der Waals surface area contributed by atoms with Gasteiger partial charge >= 0.3 is 5.97 Å². The van der Waals surface area contributed by atoms with Gasteiger partial charge in [-0.05, 0) is 69.7 Å². The van der Waals surface area contributed by atoms with Crippen molar-refractivity contribution in [3.05, 3.63) is 42.0 Å². The van der Waals surface area contributed by atoms with E-state index in [0.717, 1.165) is 12.8 Å². The fraction of sp³-hybridized carbons (Fsp3) is 0.583. The Labute approximate surface area is 298 Å². The van der Waals surface area contributed by atoms with E-state index in [1.165, 1.54) is 53.8 Å². The van der Waals surface area contributed by atoms with E-state index in [1.807, 2.05) is 6.92 Å². The maximum atomic E-state index is 14.2. The van der Waals surface area contributed by atoms with Crippen LogP contribution in [0.2, 0.25) is 0 Å². The summed E-state index contributed by atoms with van der Waals surface area (Å²) in [4.78, 5) is 98.6. The molecule has 0 bridgehead atoms. The Morgan fingerprint density at radius 2 is 1.71 bits per heavy atom. The number of hydrogen-bond acceptors (Lipinski definition) is 9. The number of cyclic esters (lactones) is 1. The predicted molar refractivity (Wildman–Crippen MR) is 185 cm³/mol. The Morgan fingerprint density at radius 1 is 1.02 bits per heavy atom. The lowest BCUT2D eigenvalue weighted by atomic mass is 10.0. The molecule has 3 heterocycles. The van der Waals surface area contributed by atoms with Gasteiger partial charge in [0.05, 0.1) is 0 Å². The molecule has 0 unspecified atom stereocenters. The van der Waals surface area contributed by atoms with Crippen LogP contribution in [0.4, 0.5) is 0 Å². The minimum absolute atomic E-state index is 0.0348. The number of rotatable bonds is 9. The SMILES string of the molecule is CCCC/C=C/C(=O)N[C@@H](Cc1cccc(O)c1)C(=O)N[C@H]1COC(=O)[C@@H]2CCCN2C(=O)[C@H](C)NC(=O)[C@H](C)N(C)C(=O)[C@@H]2CCCN2C1=O. The number of fused-ring (bicyclic) bond motifs is 2. The molecule has 6 atom stereocenters. The number of hydrogen-bond donors (Lipinski definition) is 4.